The van der Waals surface area contributed by atoms with Crippen LogP contribution in [-0.4, -0.2) is 36.1 Å². The van der Waals surface area contributed by atoms with Crippen molar-refractivity contribution in [2.24, 2.45) is 0 Å². The summed E-state index contributed by atoms with van der Waals surface area (Å²) in [6, 6.07) is 20.6. The first-order chi connectivity index (χ1) is 19.6. The van der Waals surface area contributed by atoms with Crippen LogP contribution in [0.2, 0.25) is 0 Å². The van der Waals surface area contributed by atoms with Crippen molar-refractivity contribution in [3.63, 3.8) is 0 Å². The third-order valence-electron chi connectivity index (χ3n) is 7.28. The lowest BCUT2D eigenvalue weighted by molar-refractivity contribution is 0.102. The molecule has 0 radical (unpaired) electrons. The maximum atomic E-state index is 12.9. The highest BCUT2D eigenvalue weighted by molar-refractivity contribution is 6.05. The minimum atomic E-state index is -0.647. The summed E-state index contributed by atoms with van der Waals surface area (Å²) < 4.78 is 11.7. The lowest BCUT2D eigenvalue weighted by atomic mass is 10.0. The van der Waals surface area contributed by atoms with E-state index in [9.17, 15) is 14.7 Å². The van der Waals surface area contributed by atoms with Crippen molar-refractivity contribution < 1.29 is 19.1 Å². The van der Waals surface area contributed by atoms with Crippen LogP contribution in [0.15, 0.2) is 87.6 Å². The van der Waals surface area contributed by atoms with Crippen molar-refractivity contribution in [1.29, 1.82) is 0 Å². The fraction of sp³-hybridized carbons (Fsp3) is 0.294. The molecule has 7 nitrogen and oxygen atoms in total. The number of amides is 1. The summed E-state index contributed by atoms with van der Waals surface area (Å²) in [6.45, 7) is 9.38. The number of fused-ring (bicyclic) bond motifs is 1. The fourth-order valence-electron chi connectivity index (χ4n) is 4.62. The third kappa shape index (κ3) is 7.44. The smallest absolute Gasteiger partial charge is 0.360 e. The van der Waals surface area contributed by atoms with Crippen molar-refractivity contribution in [2.75, 3.05) is 25.5 Å². The van der Waals surface area contributed by atoms with E-state index in [0.717, 1.165) is 24.1 Å². The minimum absolute atomic E-state index is 0.0464. The molecule has 0 fully saturated rings. The number of rotatable bonds is 11. The molecule has 41 heavy (non-hydrogen) atoms. The Labute approximate surface area is 241 Å². The zero-order chi connectivity index (χ0) is 29.5. The quantitative estimate of drug-likeness (QED) is 0.117. The number of carbonyl (C=O) groups is 1. The summed E-state index contributed by atoms with van der Waals surface area (Å²) in [7, 11) is 2.11. The first kappa shape index (κ1) is 29.6. The molecule has 0 bridgehead atoms. The molecule has 0 spiro atoms. The molecule has 4 rings (SSSR count). The number of ether oxygens (including phenoxy) is 1. The summed E-state index contributed by atoms with van der Waals surface area (Å²) >= 11 is 0. The van der Waals surface area contributed by atoms with Gasteiger partial charge in [0, 0.05) is 29.1 Å². The predicted octanol–water partition coefficient (Wildman–Crippen LogP) is 7.03. The van der Waals surface area contributed by atoms with Crippen LogP contribution in [0.5, 0.6) is 11.5 Å². The van der Waals surface area contributed by atoms with Crippen molar-refractivity contribution >= 4 is 22.6 Å². The van der Waals surface area contributed by atoms with Gasteiger partial charge in [-0.1, -0.05) is 42.0 Å². The second-order valence-electron chi connectivity index (χ2n) is 10.6. The number of carbonyl (C=O) groups excluding carboxylic acids is 1. The Bertz CT molecular complexity index is 1600. The summed E-state index contributed by atoms with van der Waals surface area (Å²) in [5.74, 6) is 0.314. The average Bonchev–Trinajstić information content (AvgIpc) is 2.96. The number of benzene rings is 3. The Hall–Kier alpha value is -4.36. The van der Waals surface area contributed by atoms with Gasteiger partial charge in [0.25, 0.3) is 5.91 Å². The number of nitrogens with zero attached hydrogens (tertiary/aromatic N) is 1. The minimum Gasteiger partial charge on any atom is -0.508 e. The summed E-state index contributed by atoms with van der Waals surface area (Å²) in [5, 5.41) is 13.5. The zero-order valence-electron chi connectivity index (χ0n) is 24.4. The van der Waals surface area contributed by atoms with Gasteiger partial charge in [-0.25, -0.2) is 4.79 Å². The number of phenols is 1. The van der Waals surface area contributed by atoms with Gasteiger partial charge in [0.2, 0.25) is 0 Å². The molecule has 1 amide bonds. The largest absolute Gasteiger partial charge is 0.508 e. The van der Waals surface area contributed by atoms with Gasteiger partial charge in [-0.2, -0.15) is 0 Å². The molecule has 7 heteroatoms. The molecular formula is C34H38N2O5. The third-order valence-corrected chi connectivity index (χ3v) is 7.28. The van der Waals surface area contributed by atoms with Crippen LogP contribution in [0.4, 0.5) is 5.69 Å². The van der Waals surface area contributed by atoms with Gasteiger partial charge in [0.05, 0.1) is 6.61 Å². The molecule has 3 aromatic carbocycles. The second-order valence-corrected chi connectivity index (χ2v) is 10.6. The van der Waals surface area contributed by atoms with Gasteiger partial charge in [0.15, 0.2) is 0 Å². The van der Waals surface area contributed by atoms with Crippen LogP contribution < -0.4 is 15.7 Å². The second kappa shape index (κ2) is 13.3. The van der Waals surface area contributed by atoms with Crippen molar-refractivity contribution in [3.05, 3.63) is 111 Å². The molecule has 214 valence electrons. The standard InChI is InChI=1S/C34H38N2O5/c1-22(2)12-13-26-20-28(14-16-30(26)37)33(38)35-29-21-27-15-17-31(23(3)32(27)41-34(29)39)40-19-9-18-36(5)24(4)25-10-7-6-8-11-25/h6-8,10-12,14-17,20-21,24,37H,9,13,18-19H2,1-5H3,(H,35,38). The van der Waals surface area contributed by atoms with Gasteiger partial charge < -0.3 is 19.6 Å². The number of phenolic OH excluding ortho intramolecular Hbond substituents is 1. The fourth-order valence-corrected chi connectivity index (χ4v) is 4.62. The highest BCUT2D eigenvalue weighted by Crippen LogP contribution is 2.28. The maximum Gasteiger partial charge on any atom is 0.360 e. The first-order valence-corrected chi connectivity index (χ1v) is 13.9. The number of hydrogen-bond donors (Lipinski definition) is 2. The van der Waals surface area contributed by atoms with Crippen molar-refractivity contribution in [2.45, 2.75) is 46.6 Å². The van der Waals surface area contributed by atoms with E-state index in [0.29, 0.717) is 46.9 Å². The molecule has 1 unspecified atom stereocenters. The van der Waals surface area contributed by atoms with E-state index >= 15 is 0 Å². The van der Waals surface area contributed by atoms with E-state index in [2.05, 4.69) is 48.5 Å². The number of aryl methyl sites for hydroxylation is 1. The van der Waals surface area contributed by atoms with Gasteiger partial charge in [0.1, 0.15) is 22.8 Å². The van der Waals surface area contributed by atoms with Crippen molar-refractivity contribution in [1.82, 2.24) is 4.90 Å². The van der Waals surface area contributed by atoms with E-state index < -0.39 is 11.5 Å². The highest BCUT2D eigenvalue weighted by atomic mass is 16.5. The van der Waals surface area contributed by atoms with Crippen LogP contribution in [-0.2, 0) is 6.42 Å². The monoisotopic (exact) mass is 554 g/mol. The SMILES string of the molecule is CC(C)=CCc1cc(C(=O)Nc2cc3ccc(OCCCN(C)C(C)c4ccccc4)c(C)c3oc2=O)ccc1O. The molecule has 1 atom stereocenters. The Kier molecular flexibility index (Phi) is 9.63. The van der Waals surface area contributed by atoms with Crippen molar-refractivity contribution in [3.8, 4) is 11.5 Å². The summed E-state index contributed by atoms with van der Waals surface area (Å²) in [6.07, 6.45) is 3.31. The Morgan fingerprint density at radius 1 is 1.10 bits per heavy atom. The topological polar surface area (TPSA) is 92.0 Å². The molecule has 0 saturated heterocycles. The molecule has 0 aliphatic carbocycles. The maximum absolute atomic E-state index is 12.9. The lowest BCUT2D eigenvalue weighted by Gasteiger charge is -2.25. The van der Waals surface area contributed by atoms with E-state index in [1.807, 2.05) is 45.0 Å². The first-order valence-electron chi connectivity index (χ1n) is 13.9. The number of hydrogen-bond acceptors (Lipinski definition) is 6. The summed E-state index contributed by atoms with van der Waals surface area (Å²) in [4.78, 5) is 28.0. The summed E-state index contributed by atoms with van der Waals surface area (Å²) in [5.41, 5.74) is 3.90. The average molecular weight is 555 g/mol. The van der Waals surface area contributed by atoms with Gasteiger partial charge in [-0.15, -0.1) is 0 Å². The predicted molar refractivity (Wildman–Crippen MR) is 164 cm³/mol. The van der Waals surface area contributed by atoms with Crippen LogP contribution in [0, 0.1) is 6.92 Å². The highest BCUT2D eigenvalue weighted by Gasteiger charge is 2.16. The lowest BCUT2D eigenvalue weighted by Crippen LogP contribution is -2.24. The molecule has 1 aromatic heterocycles. The van der Waals surface area contributed by atoms with Crippen LogP contribution >= 0.6 is 0 Å². The molecular weight excluding hydrogens is 516 g/mol. The molecule has 0 aliphatic rings. The van der Waals surface area contributed by atoms with Crippen LogP contribution in [0.3, 0.4) is 0 Å². The number of anilines is 1. The Balaban J connectivity index is 1.41. The molecule has 0 saturated carbocycles. The normalized spacial score (nSPS) is 11.9. The van der Waals surface area contributed by atoms with Crippen LogP contribution in [0.25, 0.3) is 11.0 Å². The Morgan fingerprint density at radius 3 is 2.59 bits per heavy atom. The van der Waals surface area contributed by atoms with E-state index in [-0.39, 0.29) is 11.4 Å². The van der Waals surface area contributed by atoms with E-state index in [1.165, 1.54) is 17.7 Å². The molecule has 1 heterocycles. The number of nitrogens with one attached hydrogen (secondary N) is 1. The number of allylic oxidation sites excluding steroid dienone is 2. The molecule has 0 aliphatic heterocycles. The van der Waals surface area contributed by atoms with E-state index in [4.69, 9.17) is 9.15 Å². The van der Waals surface area contributed by atoms with Crippen LogP contribution in [0.1, 0.15) is 60.3 Å². The molecule has 2 N–H and O–H groups in total. The Morgan fingerprint density at radius 2 is 1.85 bits per heavy atom. The number of aromatic hydroxyl groups is 1. The van der Waals surface area contributed by atoms with Gasteiger partial charge >= 0.3 is 5.63 Å². The van der Waals surface area contributed by atoms with E-state index in [1.54, 1.807) is 12.1 Å². The van der Waals surface area contributed by atoms with Gasteiger partial charge in [-0.05, 0) is 95.1 Å². The van der Waals surface area contributed by atoms with Gasteiger partial charge in [-0.3, -0.25) is 9.69 Å². The zero-order valence-corrected chi connectivity index (χ0v) is 24.4. The molecule has 4 aromatic rings.